The molecule has 2 aromatic heterocycles. The summed E-state index contributed by atoms with van der Waals surface area (Å²) in [5, 5.41) is 5.14. The van der Waals surface area contributed by atoms with Crippen molar-refractivity contribution in [3.63, 3.8) is 0 Å². The molecule has 4 rings (SSSR count). The lowest BCUT2D eigenvalue weighted by atomic mass is 10.1. The molecule has 0 amide bonds. The van der Waals surface area contributed by atoms with Gasteiger partial charge in [-0.15, -0.1) is 0 Å². The second-order valence-corrected chi connectivity index (χ2v) is 6.55. The maximum absolute atomic E-state index is 6.08. The van der Waals surface area contributed by atoms with Crippen LogP contribution in [0.2, 0.25) is 0 Å². The monoisotopic (exact) mass is 326 g/mol. The van der Waals surface area contributed by atoms with Crippen LogP contribution in [0.3, 0.4) is 0 Å². The Labute approximate surface area is 141 Å². The number of ether oxygens (including phenoxy) is 1. The van der Waals surface area contributed by atoms with Gasteiger partial charge in [0, 0.05) is 30.6 Å². The molecule has 5 nitrogen and oxygen atoms in total. The highest BCUT2D eigenvalue weighted by Crippen LogP contribution is 2.22. The molecular formula is C19H22N2O3. The van der Waals surface area contributed by atoms with E-state index in [1.807, 2.05) is 26.0 Å². The van der Waals surface area contributed by atoms with Gasteiger partial charge in [-0.1, -0.05) is 11.2 Å². The van der Waals surface area contributed by atoms with Gasteiger partial charge in [-0.2, -0.15) is 0 Å². The lowest BCUT2D eigenvalue weighted by molar-refractivity contribution is 0.0453. The Hall–Kier alpha value is -2.11. The van der Waals surface area contributed by atoms with Crippen molar-refractivity contribution in [2.24, 2.45) is 0 Å². The average Bonchev–Trinajstić information content (AvgIpc) is 3.27. The predicted octanol–water partition coefficient (Wildman–Crippen LogP) is 3.83. The second-order valence-electron chi connectivity index (χ2n) is 6.55. The van der Waals surface area contributed by atoms with Crippen molar-refractivity contribution in [3.05, 3.63) is 53.1 Å². The lowest BCUT2D eigenvalue weighted by Gasteiger charge is -2.16. The van der Waals surface area contributed by atoms with Gasteiger partial charge < -0.3 is 13.7 Å². The van der Waals surface area contributed by atoms with Gasteiger partial charge in [0.05, 0.1) is 24.7 Å². The SMILES string of the molecule is Cc1noc(C)c1COC1CCN(Cc2ccc3occc3c2)C1. The highest BCUT2D eigenvalue weighted by atomic mass is 16.5. The van der Waals surface area contributed by atoms with Crippen LogP contribution >= 0.6 is 0 Å². The smallest absolute Gasteiger partial charge is 0.139 e. The van der Waals surface area contributed by atoms with E-state index in [4.69, 9.17) is 13.7 Å². The lowest BCUT2D eigenvalue weighted by Crippen LogP contribution is -2.23. The zero-order valence-corrected chi connectivity index (χ0v) is 14.1. The fraction of sp³-hybridized carbons (Fsp3) is 0.421. The highest BCUT2D eigenvalue weighted by molar-refractivity contribution is 5.77. The number of aromatic nitrogens is 1. The minimum Gasteiger partial charge on any atom is -0.464 e. The number of aryl methyl sites for hydroxylation is 2. The van der Waals surface area contributed by atoms with Crippen molar-refractivity contribution < 1.29 is 13.7 Å². The molecule has 1 atom stereocenters. The van der Waals surface area contributed by atoms with E-state index < -0.39 is 0 Å². The first-order valence-corrected chi connectivity index (χ1v) is 8.41. The van der Waals surface area contributed by atoms with Crippen molar-refractivity contribution in [1.82, 2.24) is 10.1 Å². The normalized spacial score (nSPS) is 18.7. The summed E-state index contributed by atoms with van der Waals surface area (Å²) in [7, 11) is 0. The fourth-order valence-electron chi connectivity index (χ4n) is 3.36. The Kier molecular flexibility index (Phi) is 4.12. The molecule has 1 unspecified atom stereocenters. The van der Waals surface area contributed by atoms with Crippen LogP contribution in [-0.4, -0.2) is 29.3 Å². The summed E-state index contributed by atoms with van der Waals surface area (Å²) < 4.78 is 16.7. The second kappa shape index (κ2) is 6.42. The van der Waals surface area contributed by atoms with Crippen molar-refractivity contribution in [2.45, 2.75) is 39.5 Å². The van der Waals surface area contributed by atoms with Gasteiger partial charge in [-0.3, -0.25) is 4.90 Å². The number of likely N-dealkylation sites (tertiary alicyclic amines) is 1. The molecule has 3 heterocycles. The van der Waals surface area contributed by atoms with Crippen LogP contribution in [0, 0.1) is 13.8 Å². The molecule has 1 aliphatic rings. The van der Waals surface area contributed by atoms with Crippen molar-refractivity contribution in [1.29, 1.82) is 0 Å². The minimum atomic E-state index is 0.274. The molecule has 3 aromatic rings. The number of fused-ring (bicyclic) bond motifs is 1. The van der Waals surface area contributed by atoms with Crippen LogP contribution in [-0.2, 0) is 17.9 Å². The van der Waals surface area contributed by atoms with Crippen LogP contribution < -0.4 is 0 Å². The Morgan fingerprint density at radius 3 is 3.04 bits per heavy atom. The average molecular weight is 326 g/mol. The van der Waals surface area contributed by atoms with E-state index in [0.29, 0.717) is 6.61 Å². The number of rotatable bonds is 5. The Balaban J connectivity index is 1.33. The molecule has 24 heavy (non-hydrogen) atoms. The number of hydrogen-bond acceptors (Lipinski definition) is 5. The minimum absolute atomic E-state index is 0.274. The third kappa shape index (κ3) is 3.09. The quantitative estimate of drug-likeness (QED) is 0.713. The van der Waals surface area contributed by atoms with Gasteiger partial charge in [-0.05, 0) is 44.0 Å². The zero-order chi connectivity index (χ0) is 16.5. The zero-order valence-electron chi connectivity index (χ0n) is 14.1. The van der Waals surface area contributed by atoms with Crippen LogP contribution in [0.5, 0.6) is 0 Å². The van der Waals surface area contributed by atoms with Gasteiger partial charge in [0.25, 0.3) is 0 Å². The summed E-state index contributed by atoms with van der Waals surface area (Å²) in [5.41, 5.74) is 4.27. The van der Waals surface area contributed by atoms with Crippen LogP contribution in [0.1, 0.15) is 29.0 Å². The summed E-state index contributed by atoms with van der Waals surface area (Å²) in [6, 6.07) is 8.41. The molecule has 0 aliphatic carbocycles. The Morgan fingerprint density at radius 2 is 2.21 bits per heavy atom. The predicted molar refractivity (Wildman–Crippen MR) is 90.7 cm³/mol. The molecule has 0 radical (unpaired) electrons. The van der Waals surface area contributed by atoms with Gasteiger partial charge in [-0.25, -0.2) is 0 Å². The first kappa shape index (κ1) is 15.4. The van der Waals surface area contributed by atoms with E-state index in [2.05, 4.69) is 22.2 Å². The summed E-state index contributed by atoms with van der Waals surface area (Å²) in [4.78, 5) is 2.44. The van der Waals surface area contributed by atoms with Crippen LogP contribution in [0.25, 0.3) is 11.0 Å². The topological polar surface area (TPSA) is 51.6 Å². The van der Waals surface area contributed by atoms with E-state index in [1.165, 1.54) is 5.56 Å². The summed E-state index contributed by atoms with van der Waals surface area (Å²) in [5.74, 6) is 0.857. The number of nitrogens with zero attached hydrogens (tertiary/aromatic N) is 2. The maximum Gasteiger partial charge on any atom is 0.139 e. The third-order valence-corrected chi connectivity index (χ3v) is 4.80. The van der Waals surface area contributed by atoms with E-state index in [9.17, 15) is 0 Å². The van der Waals surface area contributed by atoms with Gasteiger partial charge in [0.2, 0.25) is 0 Å². The Morgan fingerprint density at radius 1 is 1.29 bits per heavy atom. The molecule has 1 aromatic carbocycles. The first-order chi connectivity index (χ1) is 11.7. The van der Waals surface area contributed by atoms with Crippen molar-refractivity contribution in [2.75, 3.05) is 13.1 Å². The van der Waals surface area contributed by atoms with Gasteiger partial charge in [0.1, 0.15) is 11.3 Å². The molecule has 1 saturated heterocycles. The maximum atomic E-state index is 6.08. The van der Waals surface area contributed by atoms with E-state index >= 15 is 0 Å². The largest absolute Gasteiger partial charge is 0.464 e. The Bertz CT molecular complexity index is 817. The number of furan rings is 1. The molecule has 126 valence electrons. The standard InChI is InChI=1S/C19H22N2O3/c1-13-18(14(2)24-20-13)12-23-17-5-7-21(11-17)10-15-3-4-19-16(9-15)6-8-22-19/h3-4,6,8-9,17H,5,7,10-12H2,1-2H3. The number of benzene rings is 1. The van der Waals surface area contributed by atoms with Crippen LogP contribution in [0.4, 0.5) is 0 Å². The van der Waals surface area contributed by atoms with Gasteiger partial charge >= 0.3 is 0 Å². The molecule has 1 aliphatic heterocycles. The van der Waals surface area contributed by atoms with Gasteiger partial charge in [0.15, 0.2) is 0 Å². The van der Waals surface area contributed by atoms with Crippen molar-refractivity contribution >= 4 is 11.0 Å². The molecule has 0 spiro atoms. The third-order valence-electron chi connectivity index (χ3n) is 4.80. The molecular weight excluding hydrogens is 304 g/mol. The van der Waals surface area contributed by atoms with E-state index in [1.54, 1.807) is 6.26 Å². The highest BCUT2D eigenvalue weighted by Gasteiger charge is 2.24. The summed E-state index contributed by atoms with van der Waals surface area (Å²) >= 11 is 0. The molecule has 0 bridgehead atoms. The van der Waals surface area contributed by atoms with Crippen LogP contribution in [0.15, 0.2) is 39.5 Å². The molecule has 5 heteroatoms. The molecule has 0 saturated carbocycles. The number of hydrogen-bond donors (Lipinski definition) is 0. The van der Waals surface area contributed by atoms with E-state index in [-0.39, 0.29) is 6.10 Å². The molecule has 0 N–H and O–H groups in total. The first-order valence-electron chi connectivity index (χ1n) is 8.41. The summed E-state index contributed by atoms with van der Waals surface area (Å²) in [6.45, 7) is 7.46. The fourth-order valence-corrected chi connectivity index (χ4v) is 3.36. The molecule has 1 fully saturated rings. The van der Waals surface area contributed by atoms with E-state index in [0.717, 1.165) is 54.0 Å². The summed E-state index contributed by atoms with van der Waals surface area (Å²) in [6.07, 6.45) is 3.08. The van der Waals surface area contributed by atoms with Crippen molar-refractivity contribution in [3.8, 4) is 0 Å².